The molecule has 150 valence electrons. The molecule has 1 amide bonds. The molecule has 0 spiro atoms. The van der Waals surface area contributed by atoms with Crippen molar-refractivity contribution < 1.29 is 13.2 Å². The van der Waals surface area contributed by atoms with Crippen molar-refractivity contribution in [3.63, 3.8) is 0 Å². The Morgan fingerprint density at radius 3 is 2.32 bits per heavy atom. The van der Waals surface area contributed by atoms with E-state index in [1.807, 2.05) is 14.0 Å². The highest BCUT2D eigenvalue weighted by Gasteiger charge is 2.30. The maximum Gasteiger partial charge on any atom is 0.264 e. The van der Waals surface area contributed by atoms with Crippen LogP contribution < -0.4 is 4.31 Å². The Morgan fingerprint density at radius 1 is 1.07 bits per heavy atom. The van der Waals surface area contributed by atoms with Gasteiger partial charge >= 0.3 is 0 Å². The van der Waals surface area contributed by atoms with Crippen LogP contribution in [0, 0.1) is 6.92 Å². The average molecular weight is 422 g/mol. The van der Waals surface area contributed by atoms with E-state index < -0.39 is 10.0 Å². The van der Waals surface area contributed by atoms with E-state index in [-0.39, 0.29) is 17.3 Å². The number of halogens is 1. The summed E-state index contributed by atoms with van der Waals surface area (Å²) < 4.78 is 27.8. The molecule has 1 heterocycles. The summed E-state index contributed by atoms with van der Waals surface area (Å²) in [5.41, 5.74) is 1.33. The molecule has 1 fully saturated rings. The maximum atomic E-state index is 13.3. The van der Waals surface area contributed by atoms with Crippen molar-refractivity contribution >= 4 is 33.2 Å². The zero-order chi connectivity index (χ0) is 20.3. The van der Waals surface area contributed by atoms with Gasteiger partial charge in [-0.1, -0.05) is 35.4 Å². The third-order valence-corrected chi connectivity index (χ3v) is 6.86. The van der Waals surface area contributed by atoms with Gasteiger partial charge in [0.15, 0.2) is 0 Å². The number of sulfonamides is 1. The first-order chi connectivity index (χ1) is 13.3. The van der Waals surface area contributed by atoms with Gasteiger partial charge in [0.25, 0.3) is 10.0 Å². The molecular formula is C20H24ClN3O3S. The Hall–Kier alpha value is -2.09. The second kappa shape index (κ2) is 8.51. The lowest BCUT2D eigenvalue weighted by atomic mass is 10.2. The molecule has 0 radical (unpaired) electrons. The van der Waals surface area contributed by atoms with Gasteiger partial charge in [-0.05, 0) is 44.3 Å². The van der Waals surface area contributed by atoms with Gasteiger partial charge in [0.1, 0.15) is 6.54 Å². The number of carbonyl (C=O) groups is 1. The van der Waals surface area contributed by atoms with Crippen molar-refractivity contribution in [3.8, 4) is 0 Å². The predicted octanol–water partition coefficient (Wildman–Crippen LogP) is 2.62. The minimum absolute atomic E-state index is 0.143. The second-order valence-electron chi connectivity index (χ2n) is 6.99. The molecule has 0 unspecified atom stereocenters. The van der Waals surface area contributed by atoms with Gasteiger partial charge in [-0.2, -0.15) is 0 Å². The summed E-state index contributed by atoms with van der Waals surface area (Å²) in [6.45, 7) is 4.34. The summed E-state index contributed by atoms with van der Waals surface area (Å²) in [4.78, 5) is 16.9. The van der Waals surface area contributed by atoms with Crippen molar-refractivity contribution in [2.24, 2.45) is 0 Å². The molecule has 0 aromatic heterocycles. The van der Waals surface area contributed by atoms with E-state index in [4.69, 9.17) is 11.6 Å². The first-order valence-corrected chi connectivity index (χ1v) is 10.9. The fourth-order valence-corrected chi connectivity index (χ4v) is 4.65. The molecule has 0 saturated carbocycles. The second-order valence-corrected chi connectivity index (χ2v) is 9.29. The summed E-state index contributed by atoms with van der Waals surface area (Å²) in [5.74, 6) is -0.219. The first kappa shape index (κ1) is 20.6. The molecular weight excluding hydrogens is 398 g/mol. The fraction of sp³-hybridized carbons (Fsp3) is 0.350. The summed E-state index contributed by atoms with van der Waals surface area (Å²) in [6, 6.07) is 13.2. The van der Waals surface area contributed by atoms with Crippen molar-refractivity contribution in [1.29, 1.82) is 0 Å². The Labute approximate surface area is 171 Å². The van der Waals surface area contributed by atoms with E-state index >= 15 is 0 Å². The molecule has 2 aromatic carbocycles. The summed E-state index contributed by atoms with van der Waals surface area (Å²) in [6.07, 6.45) is 0. The van der Waals surface area contributed by atoms with Gasteiger partial charge in [-0.3, -0.25) is 9.10 Å². The van der Waals surface area contributed by atoms with Crippen molar-refractivity contribution in [3.05, 3.63) is 59.1 Å². The molecule has 0 atom stereocenters. The molecule has 2 aromatic rings. The van der Waals surface area contributed by atoms with E-state index in [0.717, 1.165) is 23.0 Å². The quantitative estimate of drug-likeness (QED) is 0.744. The molecule has 0 N–H and O–H groups in total. The molecule has 3 rings (SSSR count). The summed E-state index contributed by atoms with van der Waals surface area (Å²) in [5, 5.41) is 0.411. The first-order valence-electron chi connectivity index (χ1n) is 9.08. The fourth-order valence-electron chi connectivity index (χ4n) is 3.06. The zero-order valence-electron chi connectivity index (χ0n) is 16.0. The minimum Gasteiger partial charge on any atom is -0.339 e. The zero-order valence-corrected chi connectivity index (χ0v) is 17.6. The molecule has 1 saturated heterocycles. The Kier molecular flexibility index (Phi) is 6.27. The number of hydrogen-bond donors (Lipinski definition) is 0. The Bertz CT molecular complexity index is 939. The highest BCUT2D eigenvalue weighted by molar-refractivity contribution is 7.92. The highest BCUT2D eigenvalue weighted by Crippen LogP contribution is 2.26. The monoisotopic (exact) mass is 421 g/mol. The number of benzene rings is 2. The largest absolute Gasteiger partial charge is 0.339 e. The number of nitrogens with zero attached hydrogens (tertiary/aromatic N) is 3. The lowest BCUT2D eigenvalue weighted by molar-refractivity contribution is -0.131. The van der Waals surface area contributed by atoms with Crippen molar-refractivity contribution in [2.45, 2.75) is 11.8 Å². The van der Waals surface area contributed by atoms with Crippen LogP contribution in [0.15, 0.2) is 53.4 Å². The molecule has 8 heteroatoms. The van der Waals surface area contributed by atoms with Gasteiger partial charge in [0.2, 0.25) is 5.91 Å². The number of piperazine rings is 1. The third kappa shape index (κ3) is 4.66. The maximum absolute atomic E-state index is 13.3. The molecule has 6 nitrogen and oxygen atoms in total. The SMILES string of the molecule is Cc1ccc(S(=O)(=O)N(CC(=O)N2CCN(C)CC2)c2cccc(Cl)c2)cc1. The van der Waals surface area contributed by atoms with Gasteiger partial charge in [-0.15, -0.1) is 0 Å². The standard InChI is InChI=1S/C20H24ClN3O3S/c1-16-6-8-19(9-7-16)28(26,27)24(18-5-3-4-17(21)14-18)15-20(25)23-12-10-22(2)11-13-23/h3-9,14H,10-13,15H2,1-2H3. The van der Waals surface area contributed by atoms with Gasteiger partial charge in [-0.25, -0.2) is 8.42 Å². The lowest BCUT2D eigenvalue weighted by Crippen LogP contribution is -2.50. The van der Waals surface area contributed by atoms with Crippen LogP contribution >= 0.6 is 11.6 Å². The third-order valence-electron chi connectivity index (χ3n) is 4.84. The van der Waals surface area contributed by atoms with E-state index in [0.29, 0.717) is 23.8 Å². The Morgan fingerprint density at radius 2 is 1.71 bits per heavy atom. The smallest absolute Gasteiger partial charge is 0.264 e. The highest BCUT2D eigenvalue weighted by atomic mass is 35.5. The minimum atomic E-state index is -3.92. The van der Waals surface area contributed by atoms with Crippen LogP contribution in [0.25, 0.3) is 0 Å². The molecule has 1 aliphatic rings. The Balaban J connectivity index is 1.93. The summed E-state index contributed by atoms with van der Waals surface area (Å²) in [7, 11) is -1.91. The average Bonchev–Trinajstić information content (AvgIpc) is 2.66. The van der Waals surface area contributed by atoms with Gasteiger partial charge < -0.3 is 9.80 Å². The van der Waals surface area contributed by atoms with Crippen LogP contribution in [-0.2, 0) is 14.8 Å². The van der Waals surface area contributed by atoms with E-state index in [2.05, 4.69) is 4.90 Å². The van der Waals surface area contributed by atoms with E-state index in [9.17, 15) is 13.2 Å². The van der Waals surface area contributed by atoms with Crippen LogP contribution in [-0.4, -0.2) is 63.9 Å². The molecule has 0 aliphatic carbocycles. The number of hydrogen-bond acceptors (Lipinski definition) is 4. The van der Waals surface area contributed by atoms with Crippen molar-refractivity contribution in [1.82, 2.24) is 9.80 Å². The molecule has 1 aliphatic heterocycles. The van der Waals surface area contributed by atoms with Gasteiger partial charge in [0, 0.05) is 31.2 Å². The van der Waals surface area contributed by atoms with Crippen LogP contribution in [0.4, 0.5) is 5.69 Å². The number of amides is 1. The summed E-state index contributed by atoms with van der Waals surface area (Å²) >= 11 is 6.08. The van der Waals surface area contributed by atoms with Crippen LogP contribution in [0.5, 0.6) is 0 Å². The number of carbonyl (C=O) groups excluding carboxylic acids is 1. The number of anilines is 1. The lowest BCUT2D eigenvalue weighted by Gasteiger charge is -2.34. The molecule has 0 bridgehead atoms. The number of likely N-dealkylation sites (N-methyl/N-ethyl adjacent to an activating group) is 1. The topological polar surface area (TPSA) is 60.9 Å². The van der Waals surface area contributed by atoms with Crippen molar-refractivity contribution in [2.75, 3.05) is 44.1 Å². The van der Waals surface area contributed by atoms with Crippen LogP contribution in [0.3, 0.4) is 0 Å². The van der Waals surface area contributed by atoms with E-state index in [1.165, 1.54) is 0 Å². The van der Waals surface area contributed by atoms with Crippen LogP contribution in [0.2, 0.25) is 5.02 Å². The normalized spacial score (nSPS) is 15.5. The van der Waals surface area contributed by atoms with E-state index in [1.54, 1.807) is 53.4 Å². The number of aryl methyl sites for hydroxylation is 1. The number of rotatable bonds is 5. The van der Waals surface area contributed by atoms with Crippen LogP contribution in [0.1, 0.15) is 5.56 Å². The van der Waals surface area contributed by atoms with Gasteiger partial charge in [0.05, 0.1) is 10.6 Å². The predicted molar refractivity (Wildman–Crippen MR) is 111 cm³/mol. The molecule has 28 heavy (non-hydrogen) atoms.